The molecule has 5 heteroatoms. The van der Waals surface area contributed by atoms with Crippen molar-refractivity contribution in [1.29, 1.82) is 0 Å². The van der Waals surface area contributed by atoms with Crippen LogP contribution in [0.3, 0.4) is 0 Å². The monoisotopic (exact) mass is 382 g/mol. The van der Waals surface area contributed by atoms with Gasteiger partial charge in [-0.05, 0) is 54.3 Å². The Morgan fingerprint density at radius 1 is 1.11 bits per heavy atom. The van der Waals surface area contributed by atoms with E-state index >= 15 is 0 Å². The van der Waals surface area contributed by atoms with E-state index in [1.807, 2.05) is 56.3 Å². The lowest BCUT2D eigenvalue weighted by Crippen LogP contribution is -2.44. The number of ether oxygens (including phenoxy) is 3. The van der Waals surface area contributed by atoms with Crippen molar-refractivity contribution in [3.63, 3.8) is 0 Å². The zero-order valence-corrected chi connectivity index (χ0v) is 16.4. The van der Waals surface area contributed by atoms with E-state index in [1.54, 1.807) is 7.11 Å². The molecule has 2 N–H and O–H groups in total. The quantitative estimate of drug-likeness (QED) is 0.752. The highest BCUT2D eigenvalue weighted by molar-refractivity contribution is 5.45. The average molecular weight is 382 g/mol. The largest absolute Gasteiger partial charge is 0.497 e. The Labute approximate surface area is 165 Å². The number of rotatable bonds is 6. The molecule has 5 nitrogen and oxygen atoms in total. The van der Waals surface area contributed by atoms with Crippen LogP contribution in [-0.2, 0) is 6.42 Å². The van der Waals surface area contributed by atoms with Crippen molar-refractivity contribution in [1.82, 2.24) is 0 Å². The van der Waals surface area contributed by atoms with Gasteiger partial charge in [0.05, 0.1) is 7.11 Å². The molecule has 1 aliphatic heterocycles. The van der Waals surface area contributed by atoms with E-state index in [0.717, 1.165) is 16.9 Å². The molecule has 2 aromatic rings. The molecule has 148 valence electrons. The highest BCUT2D eigenvalue weighted by atomic mass is 16.7. The molecule has 0 aromatic heterocycles. The Kier molecular flexibility index (Phi) is 6.13. The zero-order valence-electron chi connectivity index (χ0n) is 16.4. The Balaban J connectivity index is 1.84. The lowest BCUT2D eigenvalue weighted by atomic mass is 9.76. The lowest BCUT2D eigenvalue weighted by Gasteiger charge is -2.34. The van der Waals surface area contributed by atoms with E-state index in [1.165, 1.54) is 0 Å². The van der Waals surface area contributed by atoms with E-state index in [-0.39, 0.29) is 19.3 Å². The summed E-state index contributed by atoms with van der Waals surface area (Å²) in [6, 6.07) is 13.0. The van der Waals surface area contributed by atoms with Gasteiger partial charge in [0, 0.05) is 18.1 Å². The second-order valence-corrected chi connectivity index (χ2v) is 7.23. The Hall–Kier alpha value is -2.68. The van der Waals surface area contributed by atoms with Crippen LogP contribution in [-0.4, -0.2) is 36.3 Å². The van der Waals surface area contributed by atoms with Crippen molar-refractivity contribution in [3.8, 4) is 29.1 Å². The van der Waals surface area contributed by atoms with E-state index in [2.05, 4.69) is 11.8 Å². The third-order valence-electron chi connectivity index (χ3n) is 5.14. The van der Waals surface area contributed by atoms with Gasteiger partial charge in [-0.2, -0.15) is 0 Å². The second kappa shape index (κ2) is 8.55. The molecule has 2 atom stereocenters. The fourth-order valence-electron chi connectivity index (χ4n) is 3.28. The van der Waals surface area contributed by atoms with Crippen LogP contribution >= 0.6 is 0 Å². The Bertz CT molecular complexity index is 863. The van der Waals surface area contributed by atoms with Gasteiger partial charge in [0.1, 0.15) is 11.4 Å². The van der Waals surface area contributed by atoms with E-state index in [4.69, 9.17) is 14.2 Å². The van der Waals surface area contributed by atoms with E-state index in [0.29, 0.717) is 17.9 Å². The molecule has 0 radical (unpaired) electrons. The third kappa shape index (κ3) is 4.24. The molecule has 0 spiro atoms. The first-order chi connectivity index (χ1) is 13.5. The molecular weight excluding hydrogens is 356 g/mol. The van der Waals surface area contributed by atoms with Gasteiger partial charge in [0.25, 0.3) is 0 Å². The van der Waals surface area contributed by atoms with Crippen molar-refractivity contribution in [2.75, 3.05) is 20.5 Å². The minimum Gasteiger partial charge on any atom is -0.497 e. The van der Waals surface area contributed by atoms with E-state index < -0.39 is 11.5 Å². The van der Waals surface area contributed by atoms with Crippen molar-refractivity contribution >= 4 is 0 Å². The number of aliphatic hydroxyl groups excluding tert-OH is 1. The molecule has 3 rings (SSSR count). The summed E-state index contributed by atoms with van der Waals surface area (Å²) in [6.45, 7) is 3.85. The summed E-state index contributed by atoms with van der Waals surface area (Å²) >= 11 is 0. The van der Waals surface area contributed by atoms with Gasteiger partial charge in [-0.15, -0.1) is 0 Å². The highest BCUT2D eigenvalue weighted by Gasteiger charge is 2.38. The third-order valence-corrected chi connectivity index (χ3v) is 5.14. The van der Waals surface area contributed by atoms with Crippen LogP contribution < -0.4 is 14.2 Å². The van der Waals surface area contributed by atoms with Gasteiger partial charge in [-0.3, -0.25) is 0 Å². The minimum atomic E-state index is -1.34. The molecular formula is C23H26O5. The predicted molar refractivity (Wildman–Crippen MR) is 107 cm³/mol. The second-order valence-electron chi connectivity index (χ2n) is 7.23. The maximum atomic E-state index is 11.4. The average Bonchev–Trinajstić information content (AvgIpc) is 3.18. The number of methoxy groups -OCH3 is 1. The minimum absolute atomic E-state index is 0.163. The summed E-state index contributed by atoms with van der Waals surface area (Å²) in [6.07, 6.45) is 0.471. The van der Waals surface area contributed by atoms with Crippen LogP contribution in [0.5, 0.6) is 17.2 Å². The highest BCUT2D eigenvalue weighted by Crippen LogP contribution is 2.35. The Morgan fingerprint density at radius 2 is 1.82 bits per heavy atom. The zero-order chi connectivity index (χ0) is 20.1. The van der Waals surface area contributed by atoms with Crippen molar-refractivity contribution in [3.05, 3.63) is 53.6 Å². The van der Waals surface area contributed by atoms with Gasteiger partial charge < -0.3 is 24.4 Å². The number of aliphatic hydroxyl groups is 2. The smallest absolute Gasteiger partial charge is 0.231 e. The number of hydrogen-bond acceptors (Lipinski definition) is 5. The van der Waals surface area contributed by atoms with Crippen molar-refractivity contribution in [2.24, 2.45) is 11.8 Å². The summed E-state index contributed by atoms with van der Waals surface area (Å²) in [5.74, 6) is 7.61. The van der Waals surface area contributed by atoms with Gasteiger partial charge in [-0.1, -0.05) is 31.8 Å². The molecule has 0 bridgehead atoms. The van der Waals surface area contributed by atoms with Gasteiger partial charge >= 0.3 is 0 Å². The van der Waals surface area contributed by atoms with Crippen molar-refractivity contribution < 1.29 is 24.4 Å². The first-order valence-electron chi connectivity index (χ1n) is 9.35. The van der Waals surface area contributed by atoms with Gasteiger partial charge in [0.2, 0.25) is 6.79 Å². The van der Waals surface area contributed by atoms with Crippen LogP contribution in [0.15, 0.2) is 42.5 Å². The van der Waals surface area contributed by atoms with Crippen LogP contribution in [0.1, 0.15) is 25.0 Å². The molecule has 2 aromatic carbocycles. The van der Waals surface area contributed by atoms with Crippen molar-refractivity contribution in [2.45, 2.75) is 25.9 Å². The standard InChI is InChI=1S/C23H26O5/c1-16(2)23(25,11-10-17-4-7-20(26-3)8-5-17)19(14-24)12-18-6-9-21-22(13-18)28-15-27-21/h4-9,13,16,19,24-25H,12,14-15H2,1-3H3/t19-,23-/m1/s1. The Morgan fingerprint density at radius 3 is 2.46 bits per heavy atom. The van der Waals surface area contributed by atoms with Crippen LogP contribution in [0.4, 0.5) is 0 Å². The molecule has 0 saturated heterocycles. The van der Waals surface area contributed by atoms with Gasteiger partial charge in [0.15, 0.2) is 11.5 Å². The summed E-state index contributed by atoms with van der Waals surface area (Å²) in [5, 5.41) is 21.4. The fourth-order valence-corrected chi connectivity index (χ4v) is 3.28. The first-order valence-corrected chi connectivity index (χ1v) is 9.35. The lowest BCUT2D eigenvalue weighted by molar-refractivity contribution is -0.0263. The van der Waals surface area contributed by atoms with Crippen LogP contribution in [0.2, 0.25) is 0 Å². The topological polar surface area (TPSA) is 68.2 Å². The molecule has 0 amide bonds. The van der Waals surface area contributed by atoms with Crippen LogP contribution in [0, 0.1) is 23.7 Å². The SMILES string of the molecule is COc1ccc(C#C[C@@](O)(C(C)C)[C@@H](CO)Cc2ccc3c(c2)OCO3)cc1. The van der Waals surface area contributed by atoms with Gasteiger partial charge in [-0.25, -0.2) is 0 Å². The summed E-state index contributed by atoms with van der Waals surface area (Å²) < 4.78 is 15.9. The summed E-state index contributed by atoms with van der Waals surface area (Å²) in [5.41, 5.74) is 0.388. The maximum absolute atomic E-state index is 11.4. The number of fused-ring (bicyclic) bond motifs is 1. The maximum Gasteiger partial charge on any atom is 0.231 e. The molecule has 0 saturated carbocycles. The molecule has 1 heterocycles. The molecule has 0 aliphatic carbocycles. The van der Waals surface area contributed by atoms with E-state index in [9.17, 15) is 10.2 Å². The summed E-state index contributed by atoms with van der Waals surface area (Å²) in [7, 11) is 1.61. The molecule has 28 heavy (non-hydrogen) atoms. The number of hydrogen-bond donors (Lipinski definition) is 2. The molecule has 0 fully saturated rings. The fraction of sp³-hybridized carbons (Fsp3) is 0.391. The van der Waals surface area contributed by atoms with Crippen LogP contribution in [0.25, 0.3) is 0 Å². The first kappa shape index (κ1) is 20.1. The number of benzene rings is 2. The molecule has 1 aliphatic rings. The molecule has 0 unspecified atom stereocenters. The summed E-state index contributed by atoms with van der Waals surface area (Å²) in [4.78, 5) is 0. The normalized spacial score (nSPS) is 15.5. The predicted octanol–water partition coefficient (Wildman–Crippen LogP) is 3.01.